The van der Waals surface area contributed by atoms with Crippen molar-refractivity contribution in [1.29, 1.82) is 0 Å². The molecular weight excluding hydrogens is 309 g/mol. The van der Waals surface area contributed by atoms with Gasteiger partial charge in [-0.1, -0.05) is 23.7 Å². The van der Waals surface area contributed by atoms with Gasteiger partial charge in [0.15, 0.2) is 5.56 Å². The second-order valence-electron chi connectivity index (χ2n) is 4.57. The highest BCUT2D eigenvalue weighted by Crippen LogP contribution is 2.43. The molecule has 1 aromatic carbocycles. The van der Waals surface area contributed by atoms with E-state index in [0.29, 0.717) is 11.2 Å². The standard InChI is InChI=1S/C13H10ClF3N2O2/c1-7-3-4-8(5-10(7)14)11-12(19(20)21)9(6-18(11)2)13(15,16)17/h3-6H,1-2H3. The SMILES string of the molecule is Cc1ccc(-c2c([N+](=O)[O-])c(C(F)(F)F)cn2C)cc1Cl. The Hall–Kier alpha value is -2.02. The lowest BCUT2D eigenvalue weighted by atomic mass is 10.1. The minimum Gasteiger partial charge on any atom is -0.344 e. The third kappa shape index (κ3) is 2.73. The minimum atomic E-state index is -4.80. The fourth-order valence-corrected chi connectivity index (χ4v) is 2.27. The Kier molecular flexibility index (Phi) is 3.71. The van der Waals surface area contributed by atoms with Crippen molar-refractivity contribution in [2.45, 2.75) is 13.1 Å². The lowest BCUT2D eigenvalue weighted by Crippen LogP contribution is -2.06. The number of nitrogens with zero attached hydrogens (tertiary/aromatic N) is 2. The predicted molar refractivity (Wildman–Crippen MR) is 72.3 cm³/mol. The van der Waals surface area contributed by atoms with E-state index in [9.17, 15) is 23.3 Å². The minimum absolute atomic E-state index is 0.130. The Morgan fingerprint density at radius 1 is 1.33 bits per heavy atom. The number of alkyl halides is 3. The van der Waals surface area contributed by atoms with E-state index in [-0.39, 0.29) is 11.3 Å². The molecule has 0 aliphatic carbocycles. The van der Waals surface area contributed by atoms with Gasteiger partial charge in [0.25, 0.3) is 0 Å². The Labute approximate surface area is 122 Å². The smallest absolute Gasteiger partial charge is 0.344 e. The van der Waals surface area contributed by atoms with Crippen LogP contribution in [0.4, 0.5) is 18.9 Å². The fourth-order valence-electron chi connectivity index (χ4n) is 2.09. The maximum atomic E-state index is 12.9. The van der Waals surface area contributed by atoms with Gasteiger partial charge in [0.05, 0.1) is 4.92 Å². The van der Waals surface area contributed by atoms with E-state index in [1.165, 1.54) is 19.2 Å². The van der Waals surface area contributed by atoms with Gasteiger partial charge in [-0.15, -0.1) is 0 Å². The van der Waals surface area contributed by atoms with Crippen molar-refractivity contribution in [3.05, 3.63) is 50.7 Å². The maximum absolute atomic E-state index is 12.9. The maximum Gasteiger partial charge on any atom is 0.424 e. The molecule has 21 heavy (non-hydrogen) atoms. The average Bonchev–Trinajstić information content (AvgIpc) is 2.70. The summed E-state index contributed by atoms with van der Waals surface area (Å²) in [5.74, 6) is 0. The second-order valence-corrected chi connectivity index (χ2v) is 4.98. The summed E-state index contributed by atoms with van der Waals surface area (Å²) in [6, 6.07) is 4.52. The Morgan fingerprint density at radius 3 is 2.43 bits per heavy atom. The Bertz CT molecular complexity index is 723. The molecule has 0 unspecified atom stereocenters. The molecule has 0 bridgehead atoms. The highest BCUT2D eigenvalue weighted by molar-refractivity contribution is 6.31. The molecule has 2 rings (SSSR count). The number of aryl methyl sites for hydroxylation is 2. The van der Waals surface area contributed by atoms with Gasteiger partial charge in [0.1, 0.15) is 5.69 Å². The van der Waals surface area contributed by atoms with E-state index in [2.05, 4.69) is 0 Å². The molecule has 112 valence electrons. The summed E-state index contributed by atoms with van der Waals surface area (Å²) in [6.07, 6.45) is -4.09. The molecule has 1 aromatic heterocycles. The van der Waals surface area contributed by atoms with Crippen molar-refractivity contribution in [3.8, 4) is 11.3 Å². The van der Waals surface area contributed by atoms with Crippen LogP contribution in [-0.2, 0) is 13.2 Å². The third-order valence-corrected chi connectivity index (χ3v) is 3.50. The molecule has 0 saturated heterocycles. The molecule has 0 spiro atoms. The van der Waals surface area contributed by atoms with Crippen LogP contribution in [0.5, 0.6) is 0 Å². The number of halogens is 4. The first-order valence-corrected chi connectivity index (χ1v) is 6.18. The van der Waals surface area contributed by atoms with Crippen molar-refractivity contribution in [3.63, 3.8) is 0 Å². The highest BCUT2D eigenvalue weighted by Gasteiger charge is 2.42. The van der Waals surface area contributed by atoms with Gasteiger partial charge < -0.3 is 4.57 Å². The zero-order valence-electron chi connectivity index (χ0n) is 11.0. The van der Waals surface area contributed by atoms with Crippen LogP contribution >= 0.6 is 11.6 Å². The lowest BCUT2D eigenvalue weighted by Gasteiger charge is -2.06. The van der Waals surface area contributed by atoms with Gasteiger partial charge in [0.2, 0.25) is 0 Å². The van der Waals surface area contributed by atoms with Crippen molar-refractivity contribution in [1.82, 2.24) is 4.57 Å². The second kappa shape index (κ2) is 5.07. The normalized spacial score (nSPS) is 11.7. The van der Waals surface area contributed by atoms with Crippen molar-refractivity contribution in [2.75, 3.05) is 0 Å². The molecule has 0 radical (unpaired) electrons. The van der Waals surface area contributed by atoms with E-state index < -0.39 is 22.4 Å². The van der Waals surface area contributed by atoms with Crippen molar-refractivity contribution >= 4 is 17.3 Å². The van der Waals surface area contributed by atoms with E-state index in [4.69, 9.17) is 11.6 Å². The van der Waals surface area contributed by atoms with Crippen LogP contribution in [-0.4, -0.2) is 9.49 Å². The summed E-state index contributed by atoms with van der Waals surface area (Å²) in [7, 11) is 1.32. The first-order chi connectivity index (χ1) is 9.62. The van der Waals surface area contributed by atoms with E-state index in [1.807, 2.05) is 0 Å². The summed E-state index contributed by atoms with van der Waals surface area (Å²) in [6.45, 7) is 1.73. The van der Waals surface area contributed by atoms with Crippen LogP contribution in [0.3, 0.4) is 0 Å². The predicted octanol–water partition coefficient (Wildman–Crippen LogP) is 4.58. The van der Waals surface area contributed by atoms with Crippen LogP contribution < -0.4 is 0 Å². The molecule has 0 N–H and O–H groups in total. The molecule has 0 aliphatic rings. The third-order valence-electron chi connectivity index (χ3n) is 3.09. The molecule has 0 amide bonds. The lowest BCUT2D eigenvalue weighted by molar-refractivity contribution is -0.387. The molecule has 0 saturated carbocycles. The molecule has 1 heterocycles. The van der Waals surface area contributed by atoms with Crippen LogP contribution in [0, 0.1) is 17.0 Å². The molecule has 0 atom stereocenters. The van der Waals surface area contributed by atoms with Gasteiger partial charge in [-0.25, -0.2) is 0 Å². The average molecular weight is 319 g/mol. The number of hydrogen-bond donors (Lipinski definition) is 0. The van der Waals surface area contributed by atoms with E-state index >= 15 is 0 Å². The van der Waals surface area contributed by atoms with Crippen LogP contribution in [0.2, 0.25) is 5.02 Å². The number of rotatable bonds is 2. The zero-order valence-corrected chi connectivity index (χ0v) is 11.8. The quantitative estimate of drug-likeness (QED) is 0.601. The van der Waals surface area contributed by atoms with Gasteiger partial charge in [0, 0.05) is 23.8 Å². The highest BCUT2D eigenvalue weighted by atomic mass is 35.5. The van der Waals surface area contributed by atoms with Crippen molar-refractivity contribution in [2.24, 2.45) is 7.05 Å². The van der Waals surface area contributed by atoms with E-state index in [1.54, 1.807) is 13.0 Å². The molecule has 8 heteroatoms. The molecule has 4 nitrogen and oxygen atoms in total. The zero-order chi connectivity index (χ0) is 15.9. The van der Waals surface area contributed by atoms with Crippen molar-refractivity contribution < 1.29 is 18.1 Å². The molecule has 0 aliphatic heterocycles. The van der Waals surface area contributed by atoms with E-state index in [0.717, 1.165) is 10.1 Å². The van der Waals surface area contributed by atoms with Gasteiger partial charge in [-0.05, 0) is 18.6 Å². The largest absolute Gasteiger partial charge is 0.424 e. The Morgan fingerprint density at radius 2 is 1.95 bits per heavy atom. The topological polar surface area (TPSA) is 48.1 Å². The number of nitro groups is 1. The van der Waals surface area contributed by atoms with Crippen LogP contribution in [0.25, 0.3) is 11.3 Å². The first-order valence-electron chi connectivity index (χ1n) is 5.80. The summed E-state index contributed by atoms with van der Waals surface area (Å²) >= 11 is 5.94. The number of aromatic nitrogens is 1. The van der Waals surface area contributed by atoms with Gasteiger partial charge in [-0.3, -0.25) is 10.1 Å². The molecule has 0 fully saturated rings. The fraction of sp³-hybridized carbons (Fsp3) is 0.231. The number of benzene rings is 1. The monoisotopic (exact) mass is 318 g/mol. The Balaban J connectivity index is 2.77. The van der Waals surface area contributed by atoms with Crippen LogP contribution in [0.15, 0.2) is 24.4 Å². The number of hydrogen-bond acceptors (Lipinski definition) is 2. The van der Waals surface area contributed by atoms with Gasteiger partial charge in [-0.2, -0.15) is 13.2 Å². The summed E-state index contributed by atoms with van der Waals surface area (Å²) in [5, 5.41) is 11.4. The summed E-state index contributed by atoms with van der Waals surface area (Å²) in [5.41, 5.74) is -1.38. The summed E-state index contributed by atoms with van der Waals surface area (Å²) < 4.78 is 39.8. The van der Waals surface area contributed by atoms with Gasteiger partial charge >= 0.3 is 11.9 Å². The summed E-state index contributed by atoms with van der Waals surface area (Å²) in [4.78, 5) is 10.1. The first kappa shape index (κ1) is 15.4. The van der Waals surface area contributed by atoms with Crippen LogP contribution in [0.1, 0.15) is 11.1 Å². The molecule has 2 aromatic rings. The molecular formula is C13H10ClF3N2O2.